The summed E-state index contributed by atoms with van der Waals surface area (Å²) in [7, 11) is 3.80. The average molecular weight is 355 g/mol. The number of hydrogen-bond acceptors (Lipinski definition) is 7. The highest BCUT2D eigenvalue weighted by Crippen LogP contribution is 2.32. The van der Waals surface area contributed by atoms with Crippen molar-refractivity contribution in [2.75, 3.05) is 24.3 Å². The van der Waals surface area contributed by atoms with Crippen molar-refractivity contribution in [2.24, 2.45) is 0 Å². The van der Waals surface area contributed by atoms with E-state index in [2.05, 4.69) is 15.3 Å². The zero-order valence-corrected chi connectivity index (χ0v) is 14.5. The Bertz CT molecular complexity index is 822. The molecule has 1 N–H and O–H groups in total. The van der Waals surface area contributed by atoms with Gasteiger partial charge in [-0.2, -0.15) is 0 Å². The van der Waals surface area contributed by atoms with Gasteiger partial charge in [-0.15, -0.1) is 0 Å². The summed E-state index contributed by atoms with van der Waals surface area (Å²) in [6.07, 6.45) is 5.03. The van der Waals surface area contributed by atoms with Crippen LogP contribution in [0.5, 0.6) is 0 Å². The highest BCUT2D eigenvalue weighted by molar-refractivity contribution is 5.77. The molecule has 9 nitrogen and oxygen atoms in total. The fourth-order valence-electron chi connectivity index (χ4n) is 2.62. The van der Waals surface area contributed by atoms with Crippen LogP contribution >= 0.6 is 0 Å². The Hall–Kier alpha value is -3.07. The van der Waals surface area contributed by atoms with Crippen LogP contribution in [0, 0.1) is 10.1 Å². The lowest BCUT2D eigenvalue weighted by molar-refractivity contribution is -0.384. The molecule has 1 saturated carbocycles. The van der Waals surface area contributed by atoms with Crippen LogP contribution in [-0.2, 0) is 11.3 Å². The van der Waals surface area contributed by atoms with Crippen molar-refractivity contribution in [1.29, 1.82) is 0 Å². The molecule has 135 valence electrons. The van der Waals surface area contributed by atoms with E-state index in [-0.39, 0.29) is 11.7 Å². The second-order valence-corrected chi connectivity index (χ2v) is 6.43. The summed E-state index contributed by atoms with van der Waals surface area (Å²) in [6.45, 7) is 0.601. The minimum Gasteiger partial charge on any atom is -0.334 e. The number of nitro groups is 1. The van der Waals surface area contributed by atoms with Crippen LogP contribution < -0.4 is 10.2 Å². The van der Waals surface area contributed by atoms with E-state index >= 15 is 0 Å². The molecule has 1 fully saturated rings. The lowest BCUT2D eigenvalue weighted by atomic mass is 10.1. The molecule has 0 saturated heterocycles. The van der Waals surface area contributed by atoms with Crippen molar-refractivity contribution in [3.8, 4) is 0 Å². The van der Waals surface area contributed by atoms with Gasteiger partial charge < -0.3 is 10.2 Å². The summed E-state index contributed by atoms with van der Waals surface area (Å²) in [6, 6.07) is 6.73. The second kappa shape index (κ2) is 7.44. The first-order chi connectivity index (χ1) is 12.5. The van der Waals surface area contributed by atoms with E-state index in [4.69, 9.17) is 0 Å². The van der Waals surface area contributed by atoms with E-state index in [1.165, 1.54) is 11.2 Å². The maximum atomic E-state index is 11.4. The number of amides is 1. The Balaban J connectivity index is 1.86. The summed E-state index contributed by atoms with van der Waals surface area (Å²) in [5, 5.41) is 14.4. The Morgan fingerprint density at radius 2 is 2.08 bits per heavy atom. The Morgan fingerprint density at radius 3 is 2.69 bits per heavy atom. The third-order valence-electron chi connectivity index (χ3n) is 3.93. The molecule has 9 heteroatoms. The summed E-state index contributed by atoms with van der Waals surface area (Å²) in [4.78, 5) is 33.7. The van der Waals surface area contributed by atoms with Crippen molar-refractivity contribution in [3.05, 3.63) is 46.3 Å². The van der Waals surface area contributed by atoms with Crippen LogP contribution in [0.25, 0.3) is 0 Å². The highest BCUT2D eigenvalue weighted by Gasteiger charge is 2.30. The van der Waals surface area contributed by atoms with E-state index in [9.17, 15) is 14.9 Å². The van der Waals surface area contributed by atoms with Crippen molar-refractivity contribution < 1.29 is 9.72 Å². The monoisotopic (exact) mass is 355 g/mol. The topological polar surface area (TPSA) is 104 Å². The number of hydrogen-bond donors (Lipinski definition) is 1. The van der Waals surface area contributed by atoms with Gasteiger partial charge in [0.1, 0.15) is 23.7 Å². The number of aromatic nitrogens is 2. The van der Waals surface area contributed by atoms with Gasteiger partial charge in [-0.1, -0.05) is 6.07 Å². The van der Waals surface area contributed by atoms with Crippen LogP contribution in [0.2, 0.25) is 0 Å². The van der Waals surface area contributed by atoms with Gasteiger partial charge in [-0.3, -0.25) is 19.8 Å². The van der Waals surface area contributed by atoms with Crippen LogP contribution in [-0.4, -0.2) is 46.3 Å². The van der Waals surface area contributed by atoms with Gasteiger partial charge in [0.05, 0.1) is 4.92 Å². The van der Waals surface area contributed by atoms with Crippen LogP contribution in [0.4, 0.5) is 23.0 Å². The lowest BCUT2D eigenvalue weighted by Gasteiger charge is -2.15. The van der Waals surface area contributed by atoms with Gasteiger partial charge in [0.25, 0.3) is 5.69 Å². The molecule has 26 heavy (non-hydrogen) atoms. The molecule has 1 radical (unpaired) electrons. The smallest absolute Gasteiger partial charge is 0.318 e. The number of rotatable bonds is 8. The van der Waals surface area contributed by atoms with Gasteiger partial charge in [-0.05, 0) is 38.6 Å². The molecule has 0 bridgehead atoms. The maximum absolute atomic E-state index is 11.4. The normalized spacial score (nSPS) is 13.5. The van der Waals surface area contributed by atoms with Crippen molar-refractivity contribution >= 4 is 29.4 Å². The Labute approximate surface area is 150 Å². The number of nitrogens with one attached hydrogen (secondary N) is 1. The summed E-state index contributed by atoms with van der Waals surface area (Å²) in [5.41, 5.74) is 1.13. The second-order valence-electron chi connectivity index (χ2n) is 6.43. The third-order valence-corrected chi connectivity index (χ3v) is 3.93. The number of benzene rings is 1. The van der Waals surface area contributed by atoms with Crippen LogP contribution in [0.3, 0.4) is 0 Å². The molecule has 2 aromatic rings. The zero-order chi connectivity index (χ0) is 18.7. The van der Waals surface area contributed by atoms with E-state index in [0.717, 1.165) is 18.4 Å². The molecule has 0 atom stereocenters. The summed E-state index contributed by atoms with van der Waals surface area (Å²) < 4.78 is 0. The molecule has 1 amide bonds. The quantitative estimate of drug-likeness (QED) is 0.440. The van der Waals surface area contributed by atoms with E-state index in [0.29, 0.717) is 23.9 Å². The number of nitrogens with zero attached hydrogens (tertiary/aromatic N) is 5. The summed E-state index contributed by atoms with van der Waals surface area (Å²) >= 11 is 0. The fourth-order valence-corrected chi connectivity index (χ4v) is 2.62. The number of carbonyl (C=O) groups excluding carboxylic acids is 1. The molecular formula is C17H19N6O3. The predicted molar refractivity (Wildman–Crippen MR) is 97.0 cm³/mol. The standard InChI is InChI=1S/C17H19N6O3/c1-21(2)9-12-3-6-14(15(7-12)23(25)26)20-16-8-17(19-10-18-16)22(11-24)13-4-5-13/h3,6-8,10,13H,4-5,9H2,1-2H3,(H,18,19,20). The minimum atomic E-state index is -0.431. The molecule has 0 spiro atoms. The fraction of sp³-hybridized carbons (Fsp3) is 0.353. The van der Waals surface area contributed by atoms with E-state index in [1.54, 1.807) is 18.2 Å². The van der Waals surface area contributed by atoms with Gasteiger partial charge in [0, 0.05) is 24.7 Å². The average Bonchev–Trinajstić information content (AvgIpc) is 3.42. The van der Waals surface area contributed by atoms with Crippen LogP contribution in [0.15, 0.2) is 30.6 Å². The third kappa shape index (κ3) is 4.12. The SMILES string of the molecule is CN(C)Cc1ccc(Nc2cc(N([C]=O)C3CC3)ncn2)c([N+](=O)[O-])c1. The van der Waals surface area contributed by atoms with Gasteiger partial charge in [-0.25, -0.2) is 9.97 Å². The highest BCUT2D eigenvalue weighted by atomic mass is 16.6. The first-order valence-electron chi connectivity index (χ1n) is 8.16. The molecule has 1 aliphatic carbocycles. The van der Waals surface area contributed by atoms with Crippen LogP contribution in [0.1, 0.15) is 18.4 Å². The Morgan fingerprint density at radius 1 is 1.31 bits per heavy atom. The van der Waals surface area contributed by atoms with Crippen molar-refractivity contribution in [2.45, 2.75) is 25.4 Å². The van der Waals surface area contributed by atoms with Crippen molar-refractivity contribution in [3.63, 3.8) is 0 Å². The van der Waals surface area contributed by atoms with Crippen molar-refractivity contribution in [1.82, 2.24) is 14.9 Å². The molecule has 1 heterocycles. The lowest BCUT2D eigenvalue weighted by Crippen LogP contribution is -2.24. The van der Waals surface area contributed by atoms with Gasteiger partial charge in [0.2, 0.25) is 0 Å². The number of anilines is 3. The Kier molecular flexibility index (Phi) is 5.08. The first kappa shape index (κ1) is 17.7. The molecule has 0 unspecified atom stereocenters. The van der Waals surface area contributed by atoms with Gasteiger partial charge >= 0.3 is 6.41 Å². The van der Waals surface area contributed by atoms with E-state index < -0.39 is 4.92 Å². The molecule has 0 aliphatic heterocycles. The summed E-state index contributed by atoms with van der Waals surface area (Å²) in [5.74, 6) is 0.797. The van der Waals surface area contributed by atoms with Gasteiger partial charge in [0.15, 0.2) is 0 Å². The maximum Gasteiger partial charge on any atom is 0.318 e. The molecule has 1 aromatic carbocycles. The largest absolute Gasteiger partial charge is 0.334 e. The molecule has 1 aromatic heterocycles. The minimum absolute atomic E-state index is 0.0366. The van der Waals surface area contributed by atoms with E-state index in [1.807, 2.05) is 31.5 Å². The molecular weight excluding hydrogens is 336 g/mol. The zero-order valence-electron chi connectivity index (χ0n) is 14.5. The molecule has 3 rings (SSSR count). The molecule has 1 aliphatic rings. The predicted octanol–water partition coefficient (Wildman–Crippen LogP) is 2.23. The number of nitro benzene ring substituents is 1. The first-order valence-corrected chi connectivity index (χ1v) is 8.16.